The molecule has 38 heavy (non-hydrogen) atoms. The first-order valence-electron chi connectivity index (χ1n) is 11.8. The van der Waals surface area contributed by atoms with Crippen LogP contribution in [-0.4, -0.2) is 33.6 Å². The Labute approximate surface area is 221 Å². The average molecular weight is 536 g/mol. The van der Waals surface area contributed by atoms with Crippen molar-refractivity contribution in [1.82, 2.24) is 19.8 Å². The lowest BCUT2D eigenvalue weighted by Gasteiger charge is -2.27. The molecule has 3 heterocycles. The van der Waals surface area contributed by atoms with Crippen LogP contribution in [0, 0.1) is 28.8 Å². The van der Waals surface area contributed by atoms with Crippen molar-refractivity contribution in [3.8, 4) is 6.07 Å². The van der Waals surface area contributed by atoms with E-state index in [1.54, 1.807) is 47.2 Å². The highest BCUT2D eigenvalue weighted by molar-refractivity contribution is 6.29. The van der Waals surface area contributed by atoms with Crippen LogP contribution in [-0.2, 0) is 19.5 Å². The van der Waals surface area contributed by atoms with Gasteiger partial charge in [-0.05, 0) is 41.5 Å². The standard InChI is InChI=1S/C28H21ClF3N5O/c29-27-11-18(5-7-34-27)15-35-28(38)37-25-4-3-17(14-33)10-21(25)22-16-36(9-6-26(22)37)8-1-2-20-23(31)12-19(30)13-24(20)32/h1-5,7,10-13H,6,8-9,15-16H2,(H,35,38). The third-order valence-electron chi connectivity index (χ3n) is 6.49. The molecule has 0 aliphatic carbocycles. The molecule has 192 valence electrons. The number of amides is 1. The summed E-state index contributed by atoms with van der Waals surface area (Å²) in [6, 6.07) is 11.8. The first-order chi connectivity index (χ1) is 18.3. The second kappa shape index (κ2) is 10.7. The van der Waals surface area contributed by atoms with Crippen LogP contribution in [0.15, 0.2) is 54.7 Å². The fraction of sp³-hybridized carbons (Fsp3) is 0.179. The van der Waals surface area contributed by atoms with Crippen LogP contribution in [0.2, 0.25) is 5.15 Å². The molecule has 1 amide bonds. The molecule has 2 aromatic carbocycles. The van der Waals surface area contributed by atoms with Gasteiger partial charge in [0.05, 0.1) is 17.1 Å². The summed E-state index contributed by atoms with van der Waals surface area (Å²) >= 11 is 5.95. The van der Waals surface area contributed by atoms with Gasteiger partial charge in [-0.1, -0.05) is 23.8 Å². The molecule has 10 heteroatoms. The van der Waals surface area contributed by atoms with Gasteiger partial charge >= 0.3 is 6.03 Å². The minimum absolute atomic E-state index is 0.263. The number of fused-ring (bicyclic) bond motifs is 3. The molecule has 1 aliphatic rings. The van der Waals surface area contributed by atoms with Gasteiger partial charge in [0.2, 0.25) is 0 Å². The molecule has 0 fully saturated rings. The largest absolute Gasteiger partial charge is 0.333 e. The molecule has 5 rings (SSSR count). The van der Waals surface area contributed by atoms with Gasteiger partial charge in [0.25, 0.3) is 0 Å². The van der Waals surface area contributed by atoms with E-state index in [1.807, 2.05) is 0 Å². The van der Waals surface area contributed by atoms with Gasteiger partial charge in [0.15, 0.2) is 0 Å². The van der Waals surface area contributed by atoms with E-state index in [0.717, 1.165) is 22.2 Å². The highest BCUT2D eigenvalue weighted by atomic mass is 35.5. The van der Waals surface area contributed by atoms with Crippen LogP contribution in [0.4, 0.5) is 18.0 Å². The number of hydrogen-bond acceptors (Lipinski definition) is 4. The van der Waals surface area contributed by atoms with E-state index in [1.165, 1.54) is 6.08 Å². The zero-order valence-corrected chi connectivity index (χ0v) is 20.8. The third-order valence-corrected chi connectivity index (χ3v) is 6.69. The summed E-state index contributed by atoms with van der Waals surface area (Å²) in [5, 5.41) is 13.5. The quantitative estimate of drug-likeness (QED) is 0.327. The predicted molar refractivity (Wildman–Crippen MR) is 138 cm³/mol. The number of nitrogens with zero attached hydrogens (tertiary/aromatic N) is 4. The number of benzene rings is 2. The summed E-state index contributed by atoms with van der Waals surface area (Å²) in [4.78, 5) is 19.3. The van der Waals surface area contributed by atoms with Crippen LogP contribution in [0.25, 0.3) is 17.0 Å². The van der Waals surface area contributed by atoms with Crippen molar-refractivity contribution >= 4 is 34.6 Å². The molecule has 4 aromatic rings. The van der Waals surface area contributed by atoms with E-state index in [2.05, 4.69) is 21.3 Å². The Bertz CT molecular complexity index is 1600. The fourth-order valence-corrected chi connectivity index (χ4v) is 4.91. The molecular formula is C28H21ClF3N5O. The molecule has 6 nitrogen and oxygen atoms in total. The minimum atomic E-state index is -0.970. The molecule has 1 aliphatic heterocycles. The number of hydrogen-bond donors (Lipinski definition) is 1. The Kier molecular flexibility index (Phi) is 7.18. The fourth-order valence-electron chi connectivity index (χ4n) is 4.71. The van der Waals surface area contributed by atoms with E-state index < -0.39 is 17.5 Å². The normalized spacial score (nSPS) is 13.6. The second-order valence-electron chi connectivity index (χ2n) is 8.92. The van der Waals surface area contributed by atoms with E-state index in [4.69, 9.17) is 11.6 Å². The Balaban J connectivity index is 1.40. The average Bonchev–Trinajstić information content (AvgIpc) is 3.22. The lowest BCUT2D eigenvalue weighted by molar-refractivity contribution is 0.240. The van der Waals surface area contributed by atoms with Crippen LogP contribution in [0.5, 0.6) is 0 Å². The summed E-state index contributed by atoms with van der Waals surface area (Å²) in [7, 11) is 0. The highest BCUT2D eigenvalue weighted by Crippen LogP contribution is 2.32. The zero-order chi connectivity index (χ0) is 26.8. The number of aromatic nitrogens is 2. The van der Waals surface area contributed by atoms with E-state index >= 15 is 0 Å². The third kappa shape index (κ3) is 5.14. The Hall–Kier alpha value is -4.13. The Morgan fingerprint density at radius 1 is 1.16 bits per heavy atom. The highest BCUT2D eigenvalue weighted by Gasteiger charge is 2.26. The summed E-state index contributed by atoms with van der Waals surface area (Å²) in [5.41, 5.74) is 3.43. The number of pyridine rings is 1. The van der Waals surface area contributed by atoms with Gasteiger partial charge in [0.1, 0.15) is 22.6 Å². The molecule has 2 aromatic heterocycles. The van der Waals surface area contributed by atoms with Crippen molar-refractivity contribution in [3.05, 3.63) is 105 Å². The van der Waals surface area contributed by atoms with Crippen molar-refractivity contribution in [2.24, 2.45) is 0 Å². The Morgan fingerprint density at radius 3 is 2.68 bits per heavy atom. The van der Waals surface area contributed by atoms with Crippen LogP contribution in [0.1, 0.15) is 27.9 Å². The molecule has 0 radical (unpaired) electrons. The van der Waals surface area contributed by atoms with Crippen molar-refractivity contribution in [2.45, 2.75) is 19.5 Å². The molecule has 1 N–H and O–H groups in total. The molecule has 0 bridgehead atoms. The van der Waals surface area contributed by atoms with Crippen LogP contribution < -0.4 is 5.32 Å². The maximum absolute atomic E-state index is 14.0. The summed E-state index contributed by atoms with van der Waals surface area (Å²) in [6.45, 7) is 1.72. The van der Waals surface area contributed by atoms with Gasteiger partial charge in [-0.25, -0.2) is 22.9 Å². The number of carbonyl (C=O) groups excluding carboxylic acids is 1. The number of nitrogens with one attached hydrogen (secondary N) is 1. The zero-order valence-electron chi connectivity index (χ0n) is 20.0. The summed E-state index contributed by atoms with van der Waals surface area (Å²) in [6.07, 6.45) is 5.04. The van der Waals surface area contributed by atoms with Crippen molar-refractivity contribution in [2.75, 3.05) is 13.1 Å². The maximum Gasteiger partial charge on any atom is 0.326 e. The maximum atomic E-state index is 14.0. The lowest BCUT2D eigenvalue weighted by Crippen LogP contribution is -2.34. The van der Waals surface area contributed by atoms with Crippen LogP contribution >= 0.6 is 11.6 Å². The topological polar surface area (TPSA) is 74.0 Å². The number of nitriles is 1. The number of carbonyl (C=O) groups is 1. The van der Waals surface area contributed by atoms with E-state index in [0.29, 0.717) is 54.4 Å². The predicted octanol–water partition coefficient (Wildman–Crippen LogP) is 5.81. The molecule has 0 unspecified atom stereocenters. The number of rotatable bonds is 5. The first kappa shape index (κ1) is 25.5. The minimum Gasteiger partial charge on any atom is -0.333 e. The monoisotopic (exact) mass is 535 g/mol. The van der Waals surface area contributed by atoms with Crippen molar-refractivity contribution in [1.29, 1.82) is 5.26 Å². The molecule has 0 saturated carbocycles. The van der Waals surface area contributed by atoms with Gasteiger partial charge in [-0.15, -0.1) is 0 Å². The van der Waals surface area contributed by atoms with Crippen molar-refractivity contribution in [3.63, 3.8) is 0 Å². The Morgan fingerprint density at radius 2 is 1.95 bits per heavy atom. The van der Waals surface area contributed by atoms with Crippen molar-refractivity contribution < 1.29 is 18.0 Å². The first-order valence-corrected chi connectivity index (χ1v) is 12.2. The summed E-state index contributed by atoms with van der Waals surface area (Å²) in [5.74, 6) is -2.90. The molecule has 0 spiro atoms. The van der Waals surface area contributed by atoms with E-state index in [9.17, 15) is 23.2 Å². The molecule has 0 atom stereocenters. The van der Waals surface area contributed by atoms with Gasteiger partial charge in [-0.2, -0.15) is 5.26 Å². The van der Waals surface area contributed by atoms with Gasteiger partial charge in [-0.3, -0.25) is 9.47 Å². The molecular weight excluding hydrogens is 515 g/mol. The SMILES string of the molecule is N#Cc1ccc2c(c1)c1c(n2C(=O)NCc2ccnc(Cl)c2)CCN(CC=Cc2c(F)cc(F)cc2F)C1. The van der Waals surface area contributed by atoms with Crippen LogP contribution in [0.3, 0.4) is 0 Å². The smallest absolute Gasteiger partial charge is 0.326 e. The molecule has 0 saturated heterocycles. The number of halogens is 4. The van der Waals surface area contributed by atoms with Gasteiger partial charge in [0, 0.05) is 67.6 Å². The summed E-state index contributed by atoms with van der Waals surface area (Å²) < 4.78 is 42.8. The van der Waals surface area contributed by atoms with Gasteiger partial charge < -0.3 is 5.32 Å². The van der Waals surface area contributed by atoms with E-state index in [-0.39, 0.29) is 18.1 Å². The lowest BCUT2D eigenvalue weighted by atomic mass is 10.0. The second-order valence-corrected chi connectivity index (χ2v) is 9.31.